The number of hydrogen-bond acceptors (Lipinski definition) is 2. The molecular weight excluding hydrogens is 631 g/mol. The second-order valence-corrected chi connectivity index (χ2v) is 14.1. The van der Waals surface area contributed by atoms with Crippen LogP contribution in [-0.2, 0) is 5.41 Å². The lowest BCUT2D eigenvalue weighted by molar-refractivity contribution is 0.436. The number of rotatable bonds is 5. The van der Waals surface area contributed by atoms with Gasteiger partial charge in [0.25, 0.3) is 0 Å². The molecule has 0 N–H and O–H groups in total. The standard InChI is InChI=1S/C50H37NO/c1-2-38-40(35-17-7-4-8-18-35)32-46(36-27-25-34(26-28-36)33-15-5-3-6-16-33)51-49(38)37-29-30-43-41(31-37)39-19-9-10-20-42(39)50(43)44-21-11-13-23-47(44)52-48-24-14-12-22-45(48)50/h3-32,38,49H,2H2,1H3. The predicted octanol–water partition coefficient (Wildman–Crippen LogP) is 12.5. The molecule has 2 heteroatoms. The third-order valence-corrected chi connectivity index (χ3v) is 11.4. The van der Waals surface area contributed by atoms with Crippen LogP contribution in [0, 0.1) is 5.92 Å². The maximum Gasteiger partial charge on any atom is 0.132 e. The Morgan fingerprint density at radius 1 is 0.500 bits per heavy atom. The van der Waals surface area contributed by atoms with E-state index < -0.39 is 5.41 Å². The van der Waals surface area contributed by atoms with Crippen LogP contribution in [0.4, 0.5) is 0 Å². The number of dihydropyridines is 1. The van der Waals surface area contributed by atoms with E-state index in [1.54, 1.807) is 0 Å². The summed E-state index contributed by atoms with van der Waals surface area (Å²) in [4.78, 5) is 5.63. The highest BCUT2D eigenvalue weighted by Gasteiger charge is 2.51. The first-order chi connectivity index (χ1) is 25.7. The normalized spacial score (nSPS) is 17.6. The quantitative estimate of drug-likeness (QED) is 0.179. The highest BCUT2D eigenvalue weighted by atomic mass is 16.5. The van der Waals surface area contributed by atoms with E-state index in [0.717, 1.165) is 29.2 Å². The molecule has 0 fully saturated rings. The Morgan fingerprint density at radius 2 is 1.04 bits per heavy atom. The van der Waals surface area contributed by atoms with Crippen LogP contribution in [0.15, 0.2) is 187 Å². The van der Waals surface area contributed by atoms with Gasteiger partial charge in [0.2, 0.25) is 0 Å². The first-order valence-electron chi connectivity index (χ1n) is 18.4. The van der Waals surface area contributed by atoms with E-state index in [0.29, 0.717) is 0 Å². The van der Waals surface area contributed by atoms with E-state index in [1.165, 1.54) is 61.2 Å². The van der Waals surface area contributed by atoms with Crippen LogP contribution in [0.5, 0.6) is 11.5 Å². The Labute approximate surface area is 305 Å². The van der Waals surface area contributed by atoms with Crippen molar-refractivity contribution < 1.29 is 4.74 Å². The summed E-state index contributed by atoms with van der Waals surface area (Å²) in [6.45, 7) is 2.30. The molecule has 7 aromatic rings. The highest BCUT2D eigenvalue weighted by Crippen LogP contribution is 2.62. The molecule has 1 spiro atoms. The summed E-state index contributed by atoms with van der Waals surface area (Å²) in [5, 5.41) is 0. The first kappa shape index (κ1) is 30.6. The van der Waals surface area contributed by atoms with E-state index in [-0.39, 0.29) is 12.0 Å². The molecule has 2 nitrogen and oxygen atoms in total. The SMILES string of the molecule is CCC1C(c2ccccc2)=CC(c2ccc(-c3ccccc3)cc2)=NC1c1ccc2c(c1)-c1ccccc1C21c2ccccc2Oc2ccccc21. The summed E-state index contributed by atoms with van der Waals surface area (Å²) in [6.07, 6.45) is 3.32. The fourth-order valence-electron chi connectivity index (χ4n) is 9.06. The Kier molecular flexibility index (Phi) is 7.18. The lowest BCUT2D eigenvalue weighted by Gasteiger charge is -2.39. The highest BCUT2D eigenvalue weighted by molar-refractivity contribution is 6.13. The number of ether oxygens (including phenoxy) is 1. The largest absolute Gasteiger partial charge is 0.457 e. The van der Waals surface area contributed by atoms with Gasteiger partial charge in [0, 0.05) is 17.0 Å². The zero-order chi connectivity index (χ0) is 34.6. The second kappa shape index (κ2) is 12.2. The van der Waals surface area contributed by atoms with Crippen LogP contribution in [0.3, 0.4) is 0 Å². The van der Waals surface area contributed by atoms with Crippen LogP contribution >= 0.6 is 0 Å². The van der Waals surface area contributed by atoms with Crippen LogP contribution in [-0.4, -0.2) is 5.71 Å². The molecule has 248 valence electrons. The van der Waals surface area contributed by atoms with Gasteiger partial charge in [0.05, 0.1) is 17.2 Å². The molecule has 2 unspecified atom stereocenters. The summed E-state index contributed by atoms with van der Waals surface area (Å²) >= 11 is 0. The van der Waals surface area contributed by atoms with Crippen molar-refractivity contribution in [1.29, 1.82) is 0 Å². The minimum atomic E-state index is -0.476. The topological polar surface area (TPSA) is 21.6 Å². The first-order valence-corrected chi connectivity index (χ1v) is 18.4. The zero-order valence-corrected chi connectivity index (χ0v) is 29.0. The minimum Gasteiger partial charge on any atom is -0.457 e. The average Bonchev–Trinajstić information content (AvgIpc) is 3.51. The maximum atomic E-state index is 6.56. The molecule has 0 saturated heterocycles. The predicted molar refractivity (Wildman–Crippen MR) is 213 cm³/mol. The molecule has 2 aliphatic heterocycles. The van der Waals surface area contributed by atoms with Crippen molar-refractivity contribution in [1.82, 2.24) is 0 Å². The molecule has 0 saturated carbocycles. The summed E-state index contributed by atoms with van der Waals surface area (Å²) < 4.78 is 6.56. The lowest BCUT2D eigenvalue weighted by Crippen LogP contribution is -2.32. The number of hydrogen-bond donors (Lipinski definition) is 0. The number of aliphatic imine (C=N–C) groups is 1. The van der Waals surface area contributed by atoms with E-state index in [9.17, 15) is 0 Å². The van der Waals surface area contributed by atoms with Crippen molar-refractivity contribution in [3.63, 3.8) is 0 Å². The molecule has 3 aliphatic rings. The molecule has 2 heterocycles. The Hall–Kier alpha value is -6.25. The van der Waals surface area contributed by atoms with E-state index in [4.69, 9.17) is 9.73 Å². The molecule has 52 heavy (non-hydrogen) atoms. The van der Waals surface area contributed by atoms with Gasteiger partial charge >= 0.3 is 0 Å². The molecular formula is C50H37NO. The van der Waals surface area contributed by atoms with Gasteiger partial charge in [-0.15, -0.1) is 0 Å². The van der Waals surface area contributed by atoms with Gasteiger partial charge in [-0.05, 0) is 86.3 Å². The maximum absolute atomic E-state index is 6.56. The summed E-state index contributed by atoms with van der Waals surface area (Å²) in [6, 6.07) is 63.6. The Morgan fingerprint density at radius 3 is 1.71 bits per heavy atom. The monoisotopic (exact) mass is 667 g/mol. The Bertz CT molecular complexity index is 2480. The molecule has 0 aromatic heterocycles. The average molecular weight is 668 g/mol. The second-order valence-electron chi connectivity index (χ2n) is 14.1. The number of fused-ring (bicyclic) bond motifs is 9. The zero-order valence-electron chi connectivity index (χ0n) is 29.0. The van der Waals surface area contributed by atoms with Gasteiger partial charge < -0.3 is 4.74 Å². The van der Waals surface area contributed by atoms with E-state index in [1.807, 2.05) is 0 Å². The Balaban J connectivity index is 1.15. The van der Waals surface area contributed by atoms with Crippen LogP contribution < -0.4 is 4.74 Å². The number of para-hydroxylation sites is 2. The van der Waals surface area contributed by atoms with Crippen LogP contribution in [0.2, 0.25) is 0 Å². The minimum absolute atomic E-state index is 0.0442. The van der Waals surface area contributed by atoms with Crippen molar-refractivity contribution in [2.24, 2.45) is 10.9 Å². The fraction of sp³-hybridized carbons (Fsp3) is 0.100. The van der Waals surface area contributed by atoms with Crippen molar-refractivity contribution in [2.45, 2.75) is 24.8 Å². The number of benzene rings is 7. The van der Waals surface area contributed by atoms with Gasteiger partial charge in [-0.1, -0.05) is 165 Å². The fourth-order valence-corrected chi connectivity index (χ4v) is 9.06. The third-order valence-electron chi connectivity index (χ3n) is 11.4. The molecule has 0 radical (unpaired) electrons. The molecule has 7 aromatic carbocycles. The van der Waals surface area contributed by atoms with Crippen molar-refractivity contribution in [3.8, 4) is 33.8 Å². The molecule has 0 amide bonds. The van der Waals surface area contributed by atoms with Gasteiger partial charge in [-0.2, -0.15) is 0 Å². The summed E-state index contributed by atoms with van der Waals surface area (Å²) in [7, 11) is 0. The van der Waals surface area contributed by atoms with Crippen molar-refractivity contribution in [3.05, 3.63) is 221 Å². The van der Waals surface area contributed by atoms with Crippen LogP contribution in [0.25, 0.3) is 27.8 Å². The summed E-state index contributed by atoms with van der Waals surface area (Å²) in [5.41, 5.74) is 15.5. The van der Waals surface area contributed by atoms with Crippen LogP contribution in [0.1, 0.15) is 58.3 Å². The van der Waals surface area contributed by atoms with Crippen molar-refractivity contribution >= 4 is 11.3 Å². The van der Waals surface area contributed by atoms with Gasteiger partial charge in [0.1, 0.15) is 11.5 Å². The third kappa shape index (κ3) is 4.61. The smallest absolute Gasteiger partial charge is 0.132 e. The summed E-state index contributed by atoms with van der Waals surface area (Å²) in [5.74, 6) is 2.05. The van der Waals surface area contributed by atoms with Gasteiger partial charge in [-0.3, -0.25) is 4.99 Å². The van der Waals surface area contributed by atoms with E-state index >= 15 is 0 Å². The van der Waals surface area contributed by atoms with Gasteiger partial charge in [0.15, 0.2) is 0 Å². The number of nitrogens with zero attached hydrogens (tertiary/aromatic N) is 1. The molecule has 1 aliphatic carbocycles. The molecule has 2 atom stereocenters. The number of allylic oxidation sites excluding steroid dienone is 1. The van der Waals surface area contributed by atoms with Crippen molar-refractivity contribution in [2.75, 3.05) is 0 Å². The molecule has 10 rings (SSSR count). The van der Waals surface area contributed by atoms with E-state index in [2.05, 4.69) is 189 Å². The van der Waals surface area contributed by atoms with Gasteiger partial charge in [-0.25, -0.2) is 0 Å². The molecule has 0 bridgehead atoms. The lowest BCUT2D eigenvalue weighted by atomic mass is 9.66.